The first-order valence-corrected chi connectivity index (χ1v) is 7.12. The second kappa shape index (κ2) is 9.62. The number of carbonyl (C=O) groups is 1. The highest BCUT2D eigenvalue weighted by molar-refractivity contribution is 5.84. The van der Waals surface area contributed by atoms with Crippen LogP contribution in [0.2, 0.25) is 0 Å². The maximum absolute atomic E-state index is 11.1. The summed E-state index contributed by atoms with van der Waals surface area (Å²) in [5, 5.41) is 9.06. The molecule has 0 radical (unpaired) electrons. The number of hydrogen-bond donors (Lipinski definition) is 1. The highest BCUT2D eigenvalue weighted by Gasteiger charge is 2.19. The first kappa shape index (κ1) is 15.8. The molecular formula is C15H24O4. The molecule has 0 amide bonds. The molecule has 0 aromatic heterocycles. The highest BCUT2D eigenvalue weighted by atomic mass is 16.7. The predicted octanol–water partition coefficient (Wildman–Crippen LogP) is 3.63. The lowest BCUT2D eigenvalue weighted by atomic mass is 10.2. The molecule has 19 heavy (non-hydrogen) atoms. The van der Waals surface area contributed by atoms with Crippen LogP contribution in [-0.4, -0.2) is 24.0 Å². The Morgan fingerprint density at radius 2 is 2.26 bits per heavy atom. The fourth-order valence-electron chi connectivity index (χ4n) is 1.87. The third-order valence-corrected chi connectivity index (χ3v) is 2.97. The van der Waals surface area contributed by atoms with Crippen molar-refractivity contribution in [2.45, 2.75) is 58.2 Å². The first-order valence-electron chi connectivity index (χ1n) is 7.12. The second-order valence-corrected chi connectivity index (χ2v) is 4.67. The van der Waals surface area contributed by atoms with Gasteiger partial charge < -0.3 is 14.6 Å². The number of rotatable bonds is 8. The van der Waals surface area contributed by atoms with E-state index in [9.17, 15) is 4.79 Å². The quantitative estimate of drug-likeness (QED) is 0.316. The number of hydrogen-bond acceptors (Lipinski definition) is 3. The van der Waals surface area contributed by atoms with Gasteiger partial charge in [-0.25, -0.2) is 4.79 Å². The third kappa shape index (κ3) is 7.01. The van der Waals surface area contributed by atoms with Crippen LogP contribution in [0.3, 0.4) is 0 Å². The molecule has 1 N–H and O–H groups in total. The van der Waals surface area contributed by atoms with E-state index >= 15 is 0 Å². The van der Waals surface area contributed by atoms with Gasteiger partial charge in [0.2, 0.25) is 5.76 Å². The fraction of sp³-hybridized carbons (Fsp3) is 0.667. The van der Waals surface area contributed by atoms with Gasteiger partial charge in [-0.05, 0) is 31.8 Å². The Labute approximate surface area is 115 Å². The molecule has 4 nitrogen and oxygen atoms in total. The molecule has 0 bridgehead atoms. The van der Waals surface area contributed by atoms with Crippen LogP contribution in [0.1, 0.15) is 51.9 Å². The zero-order valence-electron chi connectivity index (χ0n) is 11.6. The van der Waals surface area contributed by atoms with Gasteiger partial charge in [0, 0.05) is 6.42 Å². The topological polar surface area (TPSA) is 55.8 Å². The van der Waals surface area contributed by atoms with Crippen LogP contribution in [0.5, 0.6) is 0 Å². The molecule has 1 aliphatic heterocycles. The minimum Gasteiger partial charge on any atom is -0.475 e. The van der Waals surface area contributed by atoms with Crippen LogP contribution in [0.25, 0.3) is 0 Å². The molecule has 4 heteroatoms. The standard InChI is InChI=1S/C15H24O4/c1-2-3-4-5-6-7-10-13(15(16)17)19-14-11-8-9-12-18-14/h6-7,10,14H,2-5,8-9,11-12H2,1H3,(H,16,17). The van der Waals surface area contributed by atoms with Gasteiger partial charge in [-0.15, -0.1) is 0 Å². The van der Waals surface area contributed by atoms with E-state index < -0.39 is 12.3 Å². The molecule has 1 unspecified atom stereocenters. The monoisotopic (exact) mass is 268 g/mol. The molecule has 1 saturated heterocycles. The van der Waals surface area contributed by atoms with E-state index in [0.29, 0.717) is 6.61 Å². The van der Waals surface area contributed by atoms with Gasteiger partial charge >= 0.3 is 5.97 Å². The summed E-state index contributed by atoms with van der Waals surface area (Å²) in [6, 6.07) is 0. The summed E-state index contributed by atoms with van der Waals surface area (Å²) >= 11 is 0. The maximum atomic E-state index is 11.1. The zero-order valence-corrected chi connectivity index (χ0v) is 11.6. The number of unbranched alkanes of at least 4 members (excludes halogenated alkanes) is 3. The SMILES string of the molecule is CCCCCC=CC=C(OC1CCCCO1)C(=O)O. The molecule has 1 rings (SSSR count). The van der Waals surface area contributed by atoms with Crippen molar-refractivity contribution in [3.63, 3.8) is 0 Å². The Bertz CT molecular complexity index is 314. The van der Waals surface area contributed by atoms with Crippen LogP contribution in [0.15, 0.2) is 24.0 Å². The molecule has 1 fully saturated rings. The van der Waals surface area contributed by atoms with E-state index in [2.05, 4.69) is 6.92 Å². The van der Waals surface area contributed by atoms with E-state index in [4.69, 9.17) is 14.6 Å². The number of ether oxygens (including phenoxy) is 2. The summed E-state index contributed by atoms with van der Waals surface area (Å²) in [4.78, 5) is 11.1. The minimum absolute atomic E-state index is 0.0429. The lowest BCUT2D eigenvalue weighted by Gasteiger charge is -2.23. The average molecular weight is 268 g/mol. The third-order valence-electron chi connectivity index (χ3n) is 2.97. The Morgan fingerprint density at radius 1 is 1.42 bits per heavy atom. The van der Waals surface area contributed by atoms with Crippen molar-refractivity contribution in [2.75, 3.05) is 6.61 Å². The lowest BCUT2D eigenvalue weighted by molar-refractivity contribution is -0.159. The maximum Gasteiger partial charge on any atom is 0.371 e. The van der Waals surface area contributed by atoms with Gasteiger partial charge in [0.1, 0.15) is 0 Å². The molecule has 0 aliphatic carbocycles. The average Bonchev–Trinajstić information content (AvgIpc) is 2.42. The fourth-order valence-corrected chi connectivity index (χ4v) is 1.87. The van der Waals surface area contributed by atoms with Gasteiger partial charge in [-0.1, -0.05) is 31.9 Å². The molecule has 0 aromatic carbocycles. The van der Waals surface area contributed by atoms with Crippen LogP contribution >= 0.6 is 0 Å². The van der Waals surface area contributed by atoms with Crippen LogP contribution in [0.4, 0.5) is 0 Å². The highest BCUT2D eigenvalue weighted by Crippen LogP contribution is 2.17. The van der Waals surface area contributed by atoms with Gasteiger partial charge in [-0.3, -0.25) is 0 Å². The van der Waals surface area contributed by atoms with E-state index in [1.54, 1.807) is 6.08 Å². The lowest BCUT2D eigenvalue weighted by Crippen LogP contribution is -2.23. The molecule has 0 aromatic rings. The molecular weight excluding hydrogens is 244 g/mol. The largest absolute Gasteiger partial charge is 0.475 e. The van der Waals surface area contributed by atoms with Crippen molar-refractivity contribution in [2.24, 2.45) is 0 Å². The van der Waals surface area contributed by atoms with E-state index in [0.717, 1.165) is 32.1 Å². The Hall–Kier alpha value is -1.29. The van der Waals surface area contributed by atoms with Crippen molar-refractivity contribution in [1.82, 2.24) is 0 Å². The molecule has 0 saturated carbocycles. The summed E-state index contributed by atoms with van der Waals surface area (Å²) in [5.74, 6) is -1.09. The van der Waals surface area contributed by atoms with Crippen molar-refractivity contribution in [3.8, 4) is 0 Å². The van der Waals surface area contributed by atoms with Crippen molar-refractivity contribution >= 4 is 5.97 Å². The molecule has 108 valence electrons. The summed E-state index contributed by atoms with van der Waals surface area (Å²) in [6.07, 6.45) is 12.1. The van der Waals surface area contributed by atoms with Gasteiger partial charge in [0.05, 0.1) is 6.61 Å². The number of allylic oxidation sites excluding steroid dienone is 3. The number of carboxylic acid groups (broad SMARTS) is 1. The zero-order chi connectivity index (χ0) is 13.9. The molecule has 1 aliphatic rings. The van der Waals surface area contributed by atoms with Gasteiger partial charge in [-0.2, -0.15) is 0 Å². The summed E-state index contributed by atoms with van der Waals surface area (Å²) in [6.45, 7) is 2.80. The normalized spacial score (nSPS) is 20.7. The molecule has 0 spiro atoms. The minimum atomic E-state index is -1.05. The predicted molar refractivity (Wildman–Crippen MR) is 73.7 cm³/mol. The van der Waals surface area contributed by atoms with Crippen LogP contribution < -0.4 is 0 Å². The summed E-state index contributed by atoms with van der Waals surface area (Å²) in [5.41, 5.74) is 0. The van der Waals surface area contributed by atoms with Gasteiger partial charge in [0.15, 0.2) is 6.29 Å². The van der Waals surface area contributed by atoms with E-state index in [1.165, 1.54) is 18.9 Å². The Kier molecular flexibility index (Phi) is 7.98. The second-order valence-electron chi connectivity index (χ2n) is 4.67. The number of aliphatic carboxylic acids is 1. The first-order chi connectivity index (χ1) is 9.24. The van der Waals surface area contributed by atoms with Gasteiger partial charge in [0.25, 0.3) is 0 Å². The van der Waals surface area contributed by atoms with Crippen molar-refractivity contribution in [1.29, 1.82) is 0 Å². The van der Waals surface area contributed by atoms with E-state index in [-0.39, 0.29) is 5.76 Å². The Balaban J connectivity index is 2.39. The smallest absolute Gasteiger partial charge is 0.371 e. The Morgan fingerprint density at radius 3 is 2.89 bits per heavy atom. The van der Waals surface area contributed by atoms with E-state index in [1.807, 2.05) is 6.08 Å². The van der Waals surface area contributed by atoms with Crippen LogP contribution in [-0.2, 0) is 14.3 Å². The van der Waals surface area contributed by atoms with Crippen molar-refractivity contribution in [3.05, 3.63) is 24.0 Å². The van der Waals surface area contributed by atoms with Crippen LogP contribution in [0, 0.1) is 0 Å². The summed E-state index contributed by atoms with van der Waals surface area (Å²) < 4.78 is 10.7. The molecule has 1 heterocycles. The number of carboxylic acids is 1. The molecule has 1 atom stereocenters. The summed E-state index contributed by atoms with van der Waals surface area (Å²) in [7, 11) is 0. The van der Waals surface area contributed by atoms with Crippen molar-refractivity contribution < 1.29 is 19.4 Å².